The van der Waals surface area contributed by atoms with Crippen LogP contribution in [-0.4, -0.2) is 35.0 Å². The van der Waals surface area contributed by atoms with Gasteiger partial charge in [0.1, 0.15) is 0 Å². The Kier molecular flexibility index (Phi) is 5.15. The maximum Gasteiger partial charge on any atom is 0.335 e. The lowest BCUT2D eigenvalue weighted by molar-refractivity contribution is -0.126. The van der Waals surface area contributed by atoms with Gasteiger partial charge in [-0.1, -0.05) is 29.4 Å². The molecule has 1 aromatic rings. The zero-order valence-corrected chi connectivity index (χ0v) is 13.0. The Morgan fingerprint density at radius 2 is 1.68 bits per heavy atom. The number of hydrogen-bond acceptors (Lipinski definition) is 2. The van der Waals surface area contributed by atoms with Gasteiger partial charge >= 0.3 is 5.97 Å². The van der Waals surface area contributed by atoms with Crippen molar-refractivity contribution in [3.05, 3.63) is 52.6 Å². The van der Waals surface area contributed by atoms with Gasteiger partial charge in [-0.2, -0.15) is 0 Å². The molecule has 4 heteroatoms. The minimum absolute atomic E-state index is 0.0878. The first-order chi connectivity index (χ1) is 10.5. The maximum atomic E-state index is 11.9. The highest BCUT2D eigenvalue weighted by Gasteiger charge is 2.17. The molecule has 0 unspecified atom stereocenters. The fourth-order valence-corrected chi connectivity index (χ4v) is 2.45. The van der Waals surface area contributed by atoms with Crippen LogP contribution < -0.4 is 0 Å². The molecule has 22 heavy (non-hydrogen) atoms. The fourth-order valence-electron chi connectivity index (χ4n) is 2.45. The minimum atomic E-state index is -0.912. The molecule has 1 aliphatic rings. The number of allylic oxidation sites excluding steroid dienone is 1. The van der Waals surface area contributed by atoms with Crippen molar-refractivity contribution in [2.24, 2.45) is 0 Å². The summed E-state index contributed by atoms with van der Waals surface area (Å²) < 4.78 is 0. The second-order valence-corrected chi connectivity index (χ2v) is 5.78. The predicted molar refractivity (Wildman–Crippen MR) is 86.6 cm³/mol. The largest absolute Gasteiger partial charge is 0.478 e. The maximum absolute atomic E-state index is 11.9. The average molecular weight is 299 g/mol. The Bertz CT molecular complexity index is 612. The second-order valence-electron chi connectivity index (χ2n) is 5.78. The van der Waals surface area contributed by atoms with Crippen LogP contribution in [0.5, 0.6) is 0 Å². The van der Waals surface area contributed by atoms with Crippen LogP contribution >= 0.6 is 0 Å². The van der Waals surface area contributed by atoms with Crippen molar-refractivity contribution in [1.82, 2.24) is 4.90 Å². The Hall–Kier alpha value is -2.36. The highest BCUT2D eigenvalue weighted by atomic mass is 16.4. The van der Waals surface area contributed by atoms with E-state index < -0.39 is 5.97 Å². The summed E-state index contributed by atoms with van der Waals surface area (Å²) in [5.41, 5.74) is 3.61. The van der Waals surface area contributed by atoms with Crippen molar-refractivity contribution in [2.45, 2.75) is 26.7 Å². The van der Waals surface area contributed by atoms with Crippen LogP contribution in [0.25, 0.3) is 6.08 Å². The molecule has 0 radical (unpaired) electrons. The Morgan fingerprint density at radius 3 is 2.18 bits per heavy atom. The SMILES string of the molecule is CC(C)=CC(=O)N1CCC(=Cc2ccc(C(=O)O)cc2)CC1. The normalized spacial score (nSPS) is 14.5. The number of carbonyl (C=O) groups excluding carboxylic acids is 1. The number of amides is 1. The smallest absolute Gasteiger partial charge is 0.335 e. The van der Waals surface area contributed by atoms with Gasteiger partial charge in [-0.25, -0.2) is 4.79 Å². The molecule has 1 aliphatic heterocycles. The van der Waals surface area contributed by atoms with Gasteiger partial charge in [-0.15, -0.1) is 0 Å². The van der Waals surface area contributed by atoms with Gasteiger partial charge in [0, 0.05) is 19.2 Å². The van der Waals surface area contributed by atoms with Gasteiger partial charge in [0.2, 0.25) is 5.91 Å². The van der Waals surface area contributed by atoms with E-state index in [9.17, 15) is 9.59 Å². The van der Waals surface area contributed by atoms with E-state index in [1.165, 1.54) is 5.57 Å². The Morgan fingerprint density at radius 1 is 1.09 bits per heavy atom. The molecule has 0 aromatic heterocycles. The van der Waals surface area contributed by atoms with Gasteiger partial charge in [0.25, 0.3) is 0 Å². The molecule has 0 spiro atoms. The van der Waals surface area contributed by atoms with E-state index >= 15 is 0 Å². The molecular formula is C18H21NO3. The third kappa shape index (κ3) is 4.32. The number of likely N-dealkylation sites (tertiary alicyclic amines) is 1. The van der Waals surface area contributed by atoms with Gasteiger partial charge in [0.15, 0.2) is 0 Å². The number of nitrogens with zero attached hydrogens (tertiary/aromatic N) is 1. The van der Waals surface area contributed by atoms with Gasteiger partial charge in [0.05, 0.1) is 5.56 Å². The van der Waals surface area contributed by atoms with Crippen LogP contribution in [0.2, 0.25) is 0 Å². The van der Waals surface area contributed by atoms with Crippen LogP contribution in [0.4, 0.5) is 0 Å². The molecule has 1 amide bonds. The quantitative estimate of drug-likeness (QED) is 0.871. The fraction of sp³-hybridized carbons (Fsp3) is 0.333. The number of hydrogen-bond donors (Lipinski definition) is 1. The van der Waals surface area contributed by atoms with E-state index in [2.05, 4.69) is 6.08 Å². The van der Waals surface area contributed by atoms with Crippen LogP contribution in [-0.2, 0) is 4.79 Å². The lowest BCUT2D eigenvalue weighted by Gasteiger charge is -2.27. The molecule has 1 aromatic carbocycles. The summed E-state index contributed by atoms with van der Waals surface area (Å²) in [6, 6.07) is 6.86. The third-order valence-electron chi connectivity index (χ3n) is 3.66. The molecule has 4 nitrogen and oxygen atoms in total. The summed E-state index contributed by atoms with van der Waals surface area (Å²) >= 11 is 0. The van der Waals surface area contributed by atoms with E-state index in [0.717, 1.165) is 37.1 Å². The van der Waals surface area contributed by atoms with E-state index in [0.29, 0.717) is 5.56 Å². The predicted octanol–water partition coefficient (Wildman–Crippen LogP) is 3.36. The summed E-state index contributed by atoms with van der Waals surface area (Å²) in [5, 5.41) is 8.88. The highest BCUT2D eigenvalue weighted by Crippen LogP contribution is 2.20. The molecule has 2 rings (SSSR count). The summed E-state index contributed by atoms with van der Waals surface area (Å²) in [4.78, 5) is 24.6. The Labute approximate surface area is 130 Å². The molecule has 0 atom stereocenters. The van der Waals surface area contributed by atoms with Crippen molar-refractivity contribution in [3.63, 3.8) is 0 Å². The van der Waals surface area contributed by atoms with Crippen LogP contribution in [0.1, 0.15) is 42.6 Å². The zero-order chi connectivity index (χ0) is 16.1. The summed E-state index contributed by atoms with van der Waals surface area (Å²) in [6.07, 6.45) is 5.50. The molecular weight excluding hydrogens is 278 g/mol. The molecule has 0 saturated carbocycles. The molecule has 1 fully saturated rings. The number of carbonyl (C=O) groups is 2. The van der Waals surface area contributed by atoms with Crippen molar-refractivity contribution < 1.29 is 14.7 Å². The number of carboxylic acid groups (broad SMARTS) is 1. The highest BCUT2D eigenvalue weighted by molar-refractivity contribution is 5.88. The standard InChI is InChI=1S/C18H21NO3/c1-13(2)11-17(20)19-9-7-15(8-10-19)12-14-3-5-16(6-4-14)18(21)22/h3-6,11-12H,7-10H2,1-2H3,(H,21,22). The monoisotopic (exact) mass is 299 g/mol. The average Bonchev–Trinajstić information content (AvgIpc) is 2.48. The van der Waals surface area contributed by atoms with Crippen LogP contribution in [0.3, 0.4) is 0 Å². The topological polar surface area (TPSA) is 57.6 Å². The van der Waals surface area contributed by atoms with Crippen LogP contribution in [0, 0.1) is 0 Å². The van der Waals surface area contributed by atoms with Crippen molar-refractivity contribution in [3.8, 4) is 0 Å². The summed E-state index contributed by atoms with van der Waals surface area (Å²) in [7, 11) is 0. The van der Waals surface area contributed by atoms with E-state index in [4.69, 9.17) is 5.11 Å². The van der Waals surface area contributed by atoms with E-state index in [1.54, 1.807) is 18.2 Å². The summed E-state index contributed by atoms with van der Waals surface area (Å²) in [5.74, 6) is -0.824. The molecule has 1 saturated heterocycles. The minimum Gasteiger partial charge on any atom is -0.478 e. The van der Waals surface area contributed by atoms with Crippen molar-refractivity contribution in [2.75, 3.05) is 13.1 Å². The molecule has 0 aliphatic carbocycles. The first kappa shape index (κ1) is 16.0. The number of benzene rings is 1. The van der Waals surface area contributed by atoms with E-state index in [-0.39, 0.29) is 5.91 Å². The van der Waals surface area contributed by atoms with Crippen LogP contribution in [0.15, 0.2) is 41.5 Å². The number of aromatic carboxylic acids is 1. The van der Waals surface area contributed by atoms with Gasteiger partial charge < -0.3 is 10.0 Å². The molecule has 116 valence electrons. The first-order valence-corrected chi connectivity index (χ1v) is 7.42. The van der Waals surface area contributed by atoms with E-state index in [1.807, 2.05) is 30.9 Å². The van der Waals surface area contributed by atoms with Crippen molar-refractivity contribution >= 4 is 18.0 Å². The lowest BCUT2D eigenvalue weighted by atomic mass is 10.00. The second kappa shape index (κ2) is 7.07. The number of piperidine rings is 1. The van der Waals surface area contributed by atoms with Gasteiger partial charge in [-0.05, 0) is 44.4 Å². The van der Waals surface area contributed by atoms with Gasteiger partial charge in [-0.3, -0.25) is 4.79 Å². The number of carboxylic acids is 1. The molecule has 0 bridgehead atoms. The molecule has 1 N–H and O–H groups in total. The third-order valence-corrected chi connectivity index (χ3v) is 3.66. The molecule has 1 heterocycles. The van der Waals surface area contributed by atoms with Crippen molar-refractivity contribution in [1.29, 1.82) is 0 Å². The Balaban J connectivity index is 1.97. The lowest BCUT2D eigenvalue weighted by Crippen LogP contribution is -2.35. The zero-order valence-electron chi connectivity index (χ0n) is 13.0. The summed E-state index contributed by atoms with van der Waals surface area (Å²) in [6.45, 7) is 5.32. The number of rotatable bonds is 3. The first-order valence-electron chi connectivity index (χ1n) is 7.42.